The number of aromatic nitrogens is 4. The molecule has 148 valence electrons. The molecule has 2 aromatic heterocycles. The lowest BCUT2D eigenvalue weighted by Gasteiger charge is -2.10. The molecule has 0 aliphatic carbocycles. The molecule has 4 rings (SSSR count). The summed E-state index contributed by atoms with van der Waals surface area (Å²) in [6.45, 7) is 0.174. The Labute approximate surface area is 163 Å². The van der Waals surface area contributed by atoms with Gasteiger partial charge in [-0.25, -0.2) is 15.0 Å². The number of nitrogens with zero attached hydrogens (tertiary/aromatic N) is 3. The molecule has 0 atom stereocenters. The fourth-order valence-corrected chi connectivity index (χ4v) is 2.89. The average Bonchev–Trinajstić information content (AvgIpc) is 3.17. The minimum atomic E-state index is -4.38. The number of hydrogen-bond acceptors (Lipinski definition) is 5. The number of alkyl halides is 3. The molecule has 29 heavy (non-hydrogen) atoms. The van der Waals surface area contributed by atoms with E-state index in [0.717, 1.165) is 23.4 Å². The highest BCUT2D eigenvalue weighted by Gasteiger charge is 2.30. The minimum absolute atomic E-state index is 0.174. The van der Waals surface area contributed by atoms with Gasteiger partial charge in [0.05, 0.1) is 12.7 Å². The highest BCUT2D eigenvalue weighted by Crippen LogP contribution is 2.30. The largest absolute Gasteiger partial charge is 0.497 e. The molecule has 2 aromatic carbocycles. The quantitative estimate of drug-likeness (QED) is 0.511. The maximum Gasteiger partial charge on any atom is 0.416 e. The number of ether oxygens (including phenoxy) is 1. The monoisotopic (exact) mass is 399 g/mol. The van der Waals surface area contributed by atoms with E-state index in [1.165, 1.54) is 12.4 Å². The number of H-pyrrole nitrogens is 1. The number of nitrogens with one attached hydrogen (secondary N) is 2. The first-order valence-electron chi connectivity index (χ1n) is 8.69. The molecule has 2 heterocycles. The molecule has 0 fully saturated rings. The average molecular weight is 399 g/mol. The molecule has 2 N–H and O–H groups in total. The Morgan fingerprint density at radius 1 is 1.07 bits per heavy atom. The van der Waals surface area contributed by atoms with Crippen LogP contribution in [-0.2, 0) is 12.7 Å². The van der Waals surface area contributed by atoms with Gasteiger partial charge in [0.25, 0.3) is 0 Å². The molecule has 9 heteroatoms. The Hall–Kier alpha value is -3.62. The van der Waals surface area contributed by atoms with Crippen LogP contribution in [0.4, 0.5) is 19.0 Å². The van der Waals surface area contributed by atoms with E-state index in [0.29, 0.717) is 28.4 Å². The van der Waals surface area contributed by atoms with Gasteiger partial charge in [-0.3, -0.25) is 0 Å². The predicted molar refractivity (Wildman–Crippen MR) is 102 cm³/mol. The molecular formula is C20H16F3N5O. The van der Waals surface area contributed by atoms with Gasteiger partial charge in [-0.05, 0) is 42.0 Å². The first kappa shape index (κ1) is 18.7. The van der Waals surface area contributed by atoms with Crippen molar-refractivity contribution in [3.05, 3.63) is 66.0 Å². The van der Waals surface area contributed by atoms with Crippen molar-refractivity contribution >= 4 is 17.0 Å². The fourth-order valence-electron chi connectivity index (χ4n) is 2.89. The molecule has 0 spiro atoms. The van der Waals surface area contributed by atoms with Crippen molar-refractivity contribution in [1.29, 1.82) is 0 Å². The molecule has 0 aliphatic rings. The van der Waals surface area contributed by atoms with Crippen LogP contribution in [0.3, 0.4) is 0 Å². The molecule has 4 aromatic rings. The number of anilines is 1. The third kappa shape index (κ3) is 3.98. The van der Waals surface area contributed by atoms with Gasteiger partial charge < -0.3 is 15.0 Å². The number of hydrogen-bond donors (Lipinski definition) is 2. The summed E-state index contributed by atoms with van der Waals surface area (Å²) in [5, 5.41) is 3.06. The maximum absolute atomic E-state index is 12.9. The maximum atomic E-state index is 12.9. The number of fused-ring (bicyclic) bond motifs is 1. The van der Waals surface area contributed by atoms with Gasteiger partial charge in [0.15, 0.2) is 11.5 Å². The van der Waals surface area contributed by atoms with E-state index >= 15 is 0 Å². The zero-order chi connectivity index (χ0) is 20.4. The Kier molecular flexibility index (Phi) is 4.79. The van der Waals surface area contributed by atoms with Crippen LogP contribution < -0.4 is 10.1 Å². The van der Waals surface area contributed by atoms with Crippen LogP contribution >= 0.6 is 0 Å². The molecule has 0 bridgehead atoms. The molecule has 0 saturated carbocycles. The van der Waals surface area contributed by atoms with Crippen molar-refractivity contribution in [3.63, 3.8) is 0 Å². The highest BCUT2D eigenvalue weighted by atomic mass is 19.4. The van der Waals surface area contributed by atoms with Gasteiger partial charge in [0.1, 0.15) is 23.4 Å². The van der Waals surface area contributed by atoms with E-state index in [1.807, 2.05) is 24.3 Å². The van der Waals surface area contributed by atoms with Crippen LogP contribution in [0.15, 0.2) is 54.9 Å². The zero-order valence-electron chi connectivity index (χ0n) is 15.3. The molecule has 0 unspecified atom stereocenters. The topological polar surface area (TPSA) is 75.7 Å². The zero-order valence-corrected chi connectivity index (χ0v) is 15.3. The van der Waals surface area contributed by atoms with E-state index in [-0.39, 0.29) is 6.54 Å². The Bertz CT molecular complexity index is 1140. The number of methoxy groups -OCH3 is 1. The fraction of sp³-hybridized carbons (Fsp3) is 0.150. The first-order chi connectivity index (χ1) is 13.9. The van der Waals surface area contributed by atoms with Crippen molar-refractivity contribution in [2.24, 2.45) is 0 Å². The van der Waals surface area contributed by atoms with Crippen molar-refractivity contribution in [2.45, 2.75) is 12.7 Å². The van der Waals surface area contributed by atoms with Crippen LogP contribution in [0.1, 0.15) is 11.1 Å². The second kappa shape index (κ2) is 7.42. The standard InChI is InChI=1S/C20H16F3N5O/c1-29-15-7-5-13(6-8-15)17-27-16-18(25-11-26-19(16)28-17)24-10-12-3-2-4-14(9-12)20(21,22)23/h2-9,11H,10H2,1H3,(H2,24,25,26,27,28). The summed E-state index contributed by atoms with van der Waals surface area (Å²) in [5.41, 5.74) is 1.67. The van der Waals surface area contributed by atoms with Crippen molar-refractivity contribution in [2.75, 3.05) is 12.4 Å². The minimum Gasteiger partial charge on any atom is -0.497 e. The van der Waals surface area contributed by atoms with Crippen molar-refractivity contribution < 1.29 is 17.9 Å². The molecule has 0 aliphatic heterocycles. The summed E-state index contributed by atoms with van der Waals surface area (Å²) >= 11 is 0. The van der Waals surface area contributed by atoms with Gasteiger partial charge in [-0.15, -0.1) is 0 Å². The third-order valence-corrected chi connectivity index (χ3v) is 4.37. The lowest BCUT2D eigenvalue weighted by Crippen LogP contribution is -2.07. The van der Waals surface area contributed by atoms with E-state index in [4.69, 9.17) is 4.74 Å². The predicted octanol–water partition coefficient (Wildman–Crippen LogP) is 4.66. The normalized spacial score (nSPS) is 11.6. The lowest BCUT2D eigenvalue weighted by molar-refractivity contribution is -0.137. The third-order valence-electron chi connectivity index (χ3n) is 4.37. The summed E-state index contributed by atoms with van der Waals surface area (Å²) < 4.78 is 43.8. The van der Waals surface area contributed by atoms with Gasteiger partial charge in [-0.2, -0.15) is 13.2 Å². The van der Waals surface area contributed by atoms with Crippen molar-refractivity contribution in [3.8, 4) is 17.1 Å². The molecular weight excluding hydrogens is 383 g/mol. The first-order valence-corrected chi connectivity index (χ1v) is 8.69. The van der Waals surface area contributed by atoms with Gasteiger partial charge in [0.2, 0.25) is 0 Å². The molecule has 0 saturated heterocycles. The summed E-state index contributed by atoms with van der Waals surface area (Å²) in [4.78, 5) is 16.0. The Morgan fingerprint density at radius 3 is 2.59 bits per heavy atom. The lowest BCUT2D eigenvalue weighted by atomic mass is 10.1. The number of benzene rings is 2. The van der Waals surface area contributed by atoms with Crippen LogP contribution in [0.2, 0.25) is 0 Å². The summed E-state index contributed by atoms with van der Waals surface area (Å²) in [6, 6.07) is 12.5. The van der Waals surface area contributed by atoms with Gasteiger partial charge in [0, 0.05) is 12.1 Å². The Morgan fingerprint density at radius 2 is 1.86 bits per heavy atom. The second-order valence-corrected chi connectivity index (χ2v) is 6.29. The molecule has 0 amide bonds. The highest BCUT2D eigenvalue weighted by molar-refractivity contribution is 5.85. The summed E-state index contributed by atoms with van der Waals surface area (Å²) in [5.74, 6) is 1.79. The number of halogens is 3. The second-order valence-electron chi connectivity index (χ2n) is 6.29. The van der Waals surface area contributed by atoms with Gasteiger partial charge in [-0.1, -0.05) is 12.1 Å². The van der Waals surface area contributed by atoms with Crippen LogP contribution in [-0.4, -0.2) is 27.0 Å². The van der Waals surface area contributed by atoms with E-state index in [2.05, 4.69) is 25.3 Å². The van der Waals surface area contributed by atoms with Crippen molar-refractivity contribution in [1.82, 2.24) is 19.9 Å². The summed E-state index contributed by atoms with van der Waals surface area (Å²) in [6.07, 6.45) is -3.02. The van der Waals surface area contributed by atoms with Crippen LogP contribution in [0, 0.1) is 0 Å². The number of imidazole rings is 1. The SMILES string of the molecule is COc1ccc(-c2nc3ncnc(NCc4cccc(C(F)(F)F)c4)c3[nH]2)cc1. The molecule has 6 nitrogen and oxygen atoms in total. The van der Waals surface area contributed by atoms with E-state index < -0.39 is 11.7 Å². The number of rotatable bonds is 5. The van der Waals surface area contributed by atoms with Gasteiger partial charge >= 0.3 is 6.18 Å². The van der Waals surface area contributed by atoms with Crippen LogP contribution in [0.5, 0.6) is 5.75 Å². The number of aromatic amines is 1. The smallest absolute Gasteiger partial charge is 0.416 e. The van der Waals surface area contributed by atoms with E-state index in [1.54, 1.807) is 13.2 Å². The van der Waals surface area contributed by atoms with Crippen LogP contribution in [0.25, 0.3) is 22.6 Å². The Balaban J connectivity index is 1.59. The van der Waals surface area contributed by atoms with E-state index in [9.17, 15) is 13.2 Å². The molecule has 0 radical (unpaired) electrons. The summed E-state index contributed by atoms with van der Waals surface area (Å²) in [7, 11) is 1.59.